The van der Waals surface area contributed by atoms with E-state index in [2.05, 4.69) is 45.5 Å². The molecule has 5 heteroatoms. The Kier molecular flexibility index (Phi) is 3.38. The van der Waals surface area contributed by atoms with Crippen LogP contribution in [0.3, 0.4) is 0 Å². The van der Waals surface area contributed by atoms with Crippen molar-refractivity contribution in [2.45, 2.75) is 26.8 Å². The number of fused-ring (bicyclic) bond motifs is 1. The fraction of sp³-hybridized carbons (Fsp3) is 0.429. The van der Waals surface area contributed by atoms with Gasteiger partial charge in [0.2, 0.25) is 5.95 Å². The summed E-state index contributed by atoms with van der Waals surface area (Å²) in [6, 6.07) is 2.23. The molecule has 1 aliphatic heterocycles. The Hall–Kier alpha value is -1.62. The third-order valence-electron chi connectivity index (χ3n) is 3.39. The molecule has 2 aromatic heterocycles. The summed E-state index contributed by atoms with van der Waals surface area (Å²) < 4.78 is 0. The van der Waals surface area contributed by atoms with Crippen molar-refractivity contribution in [3.8, 4) is 0 Å². The van der Waals surface area contributed by atoms with Crippen molar-refractivity contribution >= 4 is 23.1 Å². The van der Waals surface area contributed by atoms with E-state index in [1.807, 2.05) is 17.5 Å². The van der Waals surface area contributed by atoms with Crippen LogP contribution in [0.5, 0.6) is 0 Å². The van der Waals surface area contributed by atoms with E-state index in [1.54, 1.807) is 0 Å². The zero-order valence-electron chi connectivity index (χ0n) is 11.3. The normalized spacial score (nSPS) is 14.3. The van der Waals surface area contributed by atoms with E-state index in [1.165, 1.54) is 10.4 Å². The quantitative estimate of drug-likeness (QED) is 0.934. The molecule has 0 fully saturated rings. The summed E-state index contributed by atoms with van der Waals surface area (Å²) in [4.78, 5) is 12.8. The SMILES string of the molecule is CCNc1ncc(C)c(N2CCc3sccc3C2)n1. The van der Waals surface area contributed by atoms with Gasteiger partial charge in [0.15, 0.2) is 0 Å². The molecule has 3 heterocycles. The van der Waals surface area contributed by atoms with Gasteiger partial charge >= 0.3 is 0 Å². The summed E-state index contributed by atoms with van der Waals surface area (Å²) in [6.45, 7) is 6.98. The van der Waals surface area contributed by atoms with Gasteiger partial charge in [-0.15, -0.1) is 11.3 Å². The lowest BCUT2D eigenvalue weighted by atomic mass is 10.1. The average Bonchev–Trinajstić information content (AvgIpc) is 2.88. The van der Waals surface area contributed by atoms with Crippen LogP contribution in [0.25, 0.3) is 0 Å². The number of nitrogens with one attached hydrogen (secondary N) is 1. The molecule has 0 saturated carbocycles. The molecule has 100 valence electrons. The minimum Gasteiger partial charge on any atom is -0.354 e. The highest BCUT2D eigenvalue weighted by molar-refractivity contribution is 7.10. The van der Waals surface area contributed by atoms with Crippen LogP contribution in [-0.2, 0) is 13.0 Å². The molecule has 0 spiro atoms. The first-order valence-electron chi connectivity index (χ1n) is 6.65. The Balaban J connectivity index is 1.88. The molecule has 0 aromatic carbocycles. The van der Waals surface area contributed by atoms with E-state index < -0.39 is 0 Å². The van der Waals surface area contributed by atoms with Crippen LogP contribution in [0.4, 0.5) is 11.8 Å². The van der Waals surface area contributed by atoms with Crippen LogP contribution in [0.15, 0.2) is 17.6 Å². The number of aromatic nitrogens is 2. The van der Waals surface area contributed by atoms with Gasteiger partial charge in [-0.05, 0) is 37.3 Å². The standard InChI is InChI=1S/C14H18N4S/c1-3-15-14-16-8-10(2)13(17-14)18-6-4-12-11(9-18)5-7-19-12/h5,7-8H,3-4,6,9H2,1-2H3,(H,15,16,17). The third-order valence-corrected chi connectivity index (χ3v) is 4.41. The predicted octanol–water partition coefficient (Wildman–Crippen LogP) is 2.84. The highest BCUT2D eigenvalue weighted by Crippen LogP contribution is 2.28. The third kappa shape index (κ3) is 2.42. The molecule has 4 nitrogen and oxygen atoms in total. The van der Waals surface area contributed by atoms with Crippen molar-refractivity contribution in [2.24, 2.45) is 0 Å². The maximum Gasteiger partial charge on any atom is 0.224 e. The maximum absolute atomic E-state index is 4.65. The van der Waals surface area contributed by atoms with Crippen molar-refractivity contribution in [1.82, 2.24) is 9.97 Å². The second-order valence-corrected chi connectivity index (χ2v) is 5.77. The number of nitrogens with zero attached hydrogens (tertiary/aromatic N) is 3. The highest BCUT2D eigenvalue weighted by Gasteiger charge is 2.20. The molecule has 0 unspecified atom stereocenters. The summed E-state index contributed by atoms with van der Waals surface area (Å²) in [5, 5.41) is 5.37. The lowest BCUT2D eigenvalue weighted by molar-refractivity contribution is 0.727. The molecule has 3 rings (SSSR count). The van der Waals surface area contributed by atoms with E-state index in [0.717, 1.165) is 43.4 Å². The minimum atomic E-state index is 0.721. The van der Waals surface area contributed by atoms with E-state index >= 15 is 0 Å². The Morgan fingerprint density at radius 3 is 3.21 bits per heavy atom. The van der Waals surface area contributed by atoms with Gasteiger partial charge in [-0.3, -0.25) is 0 Å². The number of hydrogen-bond acceptors (Lipinski definition) is 5. The zero-order chi connectivity index (χ0) is 13.2. The molecule has 0 bridgehead atoms. The Morgan fingerprint density at radius 2 is 2.37 bits per heavy atom. The lowest BCUT2D eigenvalue weighted by Gasteiger charge is -2.29. The Labute approximate surface area is 117 Å². The smallest absolute Gasteiger partial charge is 0.224 e. The number of hydrogen-bond donors (Lipinski definition) is 1. The minimum absolute atomic E-state index is 0.721. The van der Waals surface area contributed by atoms with Gasteiger partial charge in [0, 0.05) is 36.3 Å². The van der Waals surface area contributed by atoms with Crippen LogP contribution >= 0.6 is 11.3 Å². The summed E-state index contributed by atoms with van der Waals surface area (Å²) >= 11 is 1.87. The maximum atomic E-state index is 4.65. The fourth-order valence-electron chi connectivity index (χ4n) is 2.43. The van der Waals surface area contributed by atoms with Gasteiger partial charge in [0.05, 0.1) is 0 Å². The Bertz CT molecular complexity index is 579. The monoisotopic (exact) mass is 274 g/mol. The first kappa shape index (κ1) is 12.4. The van der Waals surface area contributed by atoms with Crippen LogP contribution in [0.1, 0.15) is 22.9 Å². The second-order valence-electron chi connectivity index (χ2n) is 4.77. The molecule has 0 saturated heterocycles. The van der Waals surface area contributed by atoms with Crippen molar-refractivity contribution in [1.29, 1.82) is 0 Å². The fourth-order valence-corrected chi connectivity index (χ4v) is 3.32. The molecule has 1 N–H and O–H groups in total. The van der Waals surface area contributed by atoms with Crippen molar-refractivity contribution < 1.29 is 0 Å². The van der Waals surface area contributed by atoms with Crippen molar-refractivity contribution in [2.75, 3.05) is 23.3 Å². The van der Waals surface area contributed by atoms with Crippen LogP contribution < -0.4 is 10.2 Å². The van der Waals surface area contributed by atoms with Gasteiger partial charge in [0.25, 0.3) is 0 Å². The molecule has 19 heavy (non-hydrogen) atoms. The van der Waals surface area contributed by atoms with Gasteiger partial charge in [-0.25, -0.2) is 4.98 Å². The summed E-state index contributed by atoms with van der Waals surface area (Å²) in [7, 11) is 0. The van der Waals surface area contributed by atoms with Crippen molar-refractivity contribution in [3.63, 3.8) is 0 Å². The Morgan fingerprint density at radius 1 is 1.47 bits per heavy atom. The summed E-state index contributed by atoms with van der Waals surface area (Å²) in [6.07, 6.45) is 3.02. The van der Waals surface area contributed by atoms with E-state index in [9.17, 15) is 0 Å². The molecular formula is C14H18N4S. The van der Waals surface area contributed by atoms with Gasteiger partial charge in [-0.1, -0.05) is 0 Å². The van der Waals surface area contributed by atoms with E-state index in [0.29, 0.717) is 0 Å². The van der Waals surface area contributed by atoms with Gasteiger partial charge in [0.1, 0.15) is 5.82 Å². The summed E-state index contributed by atoms with van der Waals surface area (Å²) in [5.41, 5.74) is 2.58. The number of aryl methyl sites for hydroxylation is 1. The average molecular weight is 274 g/mol. The van der Waals surface area contributed by atoms with Crippen LogP contribution in [0.2, 0.25) is 0 Å². The molecule has 1 aliphatic rings. The molecular weight excluding hydrogens is 256 g/mol. The molecule has 0 aliphatic carbocycles. The highest BCUT2D eigenvalue weighted by atomic mass is 32.1. The number of rotatable bonds is 3. The predicted molar refractivity (Wildman–Crippen MR) is 80.0 cm³/mol. The lowest BCUT2D eigenvalue weighted by Crippen LogP contribution is -2.31. The van der Waals surface area contributed by atoms with Crippen molar-refractivity contribution in [3.05, 3.63) is 33.6 Å². The van der Waals surface area contributed by atoms with Gasteiger partial charge < -0.3 is 10.2 Å². The van der Waals surface area contributed by atoms with Crippen LogP contribution in [-0.4, -0.2) is 23.1 Å². The first-order valence-corrected chi connectivity index (χ1v) is 7.53. The zero-order valence-corrected chi connectivity index (χ0v) is 12.1. The van der Waals surface area contributed by atoms with E-state index in [4.69, 9.17) is 0 Å². The van der Waals surface area contributed by atoms with Crippen LogP contribution in [0, 0.1) is 6.92 Å². The molecule has 0 atom stereocenters. The molecule has 2 aromatic rings. The number of thiophene rings is 1. The number of anilines is 2. The summed E-state index contributed by atoms with van der Waals surface area (Å²) in [5.74, 6) is 1.78. The molecule has 0 radical (unpaired) electrons. The molecule has 0 amide bonds. The second kappa shape index (κ2) is 5.17. The topological polar surface area (TPSA) is 41.1 Å². The largest absolute Gasteiger partial charge is 0.354 e. The van der Waals surface area contributed by atoms with Gasteiger partial charge in [-0.2, -0.15) is 4.98 Å². The van der Waals surface area contributed by atoms with E-state index in [-0.39, 0.29) is 0 Å². The first-order chi connectivity index (χ1) is 9.28.